The van der Waals surface area contributed by atoms with Gasteiger partial charge in [0.25, 0.3) is 0 Å². The summed E-state index contributed by atoms with van der Waals surface area (Å²) in [5.74, 6) is 0. The highest BCUT2D eigenvalue weighted by molar-refractivity contribution is 7.59. The van der Waals surface area contributed by atoms with Gasteiger partial charge in [0, 0.05) is 0 Å². The Morgan fingerprint density at radius 1 is 0.294 bits per heavy atom. The molecule has 4 aliphatic rings. The molecule has 4 fully saturated rings. The first-order chi connectivity index (χ1) is 16.9. The maximum atomic E-state index is 1.67. The summed E-state index contributed by atoms with van der Waals surface area (Å²) < 4.78 is 0. The molecule has 0 aromatic rings. The standard InChI is InChI=1S/C32H60P2/c1-2-10-20-29(19-9-1)33(30-21-11-3-4-12-22-30)27-17-18-28-34(31-23-13-5-6-14-24-31)32-25-15-7-8-16-26-32/h29-32H,1-28H2. The van der Waals surface area contributed by atoms with Gasteiger partial charge < -0.3 is 0 Å². The lowest BCUT2D eigenvalue weighted by Crippen LogP contribution is -2.19. The number of hydrogen-bond acceptors (Lipinski definition) is 0. The molecule has 0 heterocycles. The van der Waals surface area contributed by atoms with Crippen LogP contribution in [0.2, 0.25) is 0 Å². The molecular formula is C32H60P2. The summed E-state index contributed by atoms with van der Waals surface area (Å²) in [5.41, 5.74) is 4.63. The Kier molecular flexibility index (Phi) is 13.7. The molecule has 198 valence electrons. The van der Waals surface area contributed by atoms with Crippen molar-refractivity contribution in [3.8, 4) is 0 Å². The van der Waals surface area contributed by atoms with Gasteiger partial charge in [-0.25, -0.2) is 0 Å². The van der Waals surface area contributed by atoms with Crippen molar-refractivity contribution < 1.29 is 0 Å². The lowest BCUT2D eigenvalue weighted by atomic mass is 10.2. The normalized spacial score (nSPS) is 26.3. The van der Waals surface area contributed by atoms with Crippen LogP contribution in [0.15, 0.2) is 0 Å². The third kappa shape index (κ3) is 9.31. The monoisotopic (exact) mass is 506 g/mol. The maximum Gasteiger partial charge on any atom is -0.0207 e. The quantitative estimate of drug-likeness (QED) is 0.166. The third-order valence-electron chi connectivity index (χ3n) is 10.3. The zero-order valence-corrected chi connectivity index (χ0v) is 24.8. The fraction of sp³-hybridized carbons (Fsp3) is 1.00. The molecule has 0 radical (unpaired) electrons. The Labute approximate surface area is 217 Å². The van der Waals surface area contributed by atoms with E-state index in [9.17, 15) is 0 Å². The number of rotatable bonds is 9. The molecule has 4 saturated carbocycles. The summed E-state index contributed by atoms with van der Waals surface area (Å²) in [4.78, 5) is 0. The fourth-order valence-corrected chi connectivity index (χ4v) is 16.2. The first-order valence-electron chi connectivity index (χ1n) is 16.4. The van der Waals surface area contributed by atoms with Gasteiger partial charge in [-0.05, 0) is 99.2 Å². The van der Waals surface area contributed by atoms with Crippen molar-refractivity contribution in [1.82, 2.24) is 0 Å². The van der Waals surface area contributed by atoms with Crippen LogP contribution in [0.4, 0.5) is 0 Å². The van der Waals surface area contributed by atoms with Crippen molar-refractivity contribution in [2.24, 2.45) is 0 Å². The first kappa shape index (κ1) is 27.9. The van der Waals surface area contributed by atoms with E-state index in [1.54, 1.807) is 128 Å². The summed E-state index contributed by atoms with van der Waals surface area (Å²) >= 11 is 0. The number of hydrogen-bond donors (Lipinski definition) is 0. The number of unbranched alkanes of at least 4 members (excludes halogenated alkanes) is 1. The fourth-order valence-electron chi connectivity index (χ4n) is 8.27. The molecule has 0 unspecified atom stereocenters. The molecule has 0 amide bonds. The molecule has 0 aliphatic heterocycles. The molecule has 0 atom stereocenters. The predicted octanol–water partition coefficient (Wildman–Crippen LogP) is 11.6. The minimum atomic E-state index is 0.308. The van der Waals surface area contributed by atoms with E-state index in [-0.39, 0.29) is 0 Å². The largest absolute Gasteiger partial charge is 0.100 e. The predicted molar refractivity (Wildman–Crippen MR) is 159 cm³/mol. The van der Waals surface area contributed by atoms with Gasteiger partial charge in [-0.15, -0.1) is 15.8 Å². The highest BCUT2D eigenvalue weighted by Gasteiger charge is 2.31. The van der Waals surface area contributed by atoms with Crippen molar-refractivity contribution >= 4 is 15.8 Å². The summed E-state index contributed by atoms with van der Waals surface area (Å²) in [5, 5.41) is 0. The minimum Gasteiger partial charge on any atom is -0.100 e. The molecule has 0 bridgehead atoms. The van der Waals surface area contributed by atoms with Crippen LogP contribution in [0.25, 0.3) is 0 Å². The van der Waals surface area contributed by atoms with Gasteiger partial charge in [0.05, 0.1) is 0 Å². The SMILES string of the molecule is C1CCCC(P(CCCCP(C2CCCCCC2)C2CCCCCC2)C2CCCCCC2)CC1. The van der Waals surface area contributed by atoms with Crippen molar-refractivity contribution in [2.45, 2.75) is 190 Å². The molecule has 0 saturated heterocycles. The molecule has 0 aromatic heterocycles. The molecule has 0 N–H and O–H groups in total. The Bertz CT molecular complexity index is 401. The highest BCUT2D eigenvalue weighted by Crippen LogP contribution is 2.57. The van der Waals surface area contributed by atoms with E-state index < -0.39 is 0 Å². The van der Waals surface area contributed by atoms with E-state index in [4.69, 9.17) is 0 Å². The van der Waals surface area contributed by atoms with E-state index in [2.05, 4.69) is 0 Å². The van der Waals surface area contributed by atoms with Gasteiger partial charge in [0.15, 0.2) is 0 Å². The molecule has 2 heteroatoms. The zero-order chi connectivity index (χ0) is 23.3. The maximum absolute atomic E-state index is 1.67. The van der Waals surface area contributed by atoms with Gasteiger partial charge in [-0.2, -0.15) is 0 Å². The van der Waals surface area contributed by atoms with Crippen LogP contribution < -0.4 is 0 Å². The summed E-state index contributed by atoms with van der Waals surface area (Å²) in [6.07, 6.45) is 44.2. The molecule has 0 nitrogen and oxygen atoms in total. The Hall–Kier alpha value is 0.860. The van der Waals surface area contributed by atoms with E-state index in [1.807, 2.05) is 0 Å². The van der Waals surface area contributed by atoms with Crippen molar-refractivity contribution in [3.05, 3.63) is 0 Å². The first-order valence-corrected chi connectivity index (χ1v) is 19.8. The van der Waals surface area contributed by atoms with Gasteiger partial charge >= 0.3 is 0 Å². The second-order valence-electron chi connectivity index (χ2n) is 12.8. The molecule has 0 aromatic carbocycles. The lowest BCUT2D eigenvalue weighted by Gasteiger charge is -2.36. The lowest BCUT2D eigenvalue weighted by molar-refractivity contribution is 0.654. The van der Waals surface area contributed by atoms with Crippen LogP contribution in [-0.2, 0) is 0 Å². The second-order valence-corrected chi connectivity index (χ2v) is 18.6. The topological polar surface area (TPSA) is 0 Å². The Balaban J connectivity index is 1.33. The van der Waals surface area contributed by atoms with Crippen molar-refractivity contribution in [2.75, 3.05) is 12.3 Å². The summed E-state index contributed by atoms with van der Waals surface area (Å²) in [6.45, 7) is 0. The average Bonchev–Trinajstić information content (AvgIpc) is 3.46. The smallest absolute Gasteiger partial charge is 0.0207 e. The zero-order valence-electron chi connectivity index (χ0n) is 23.0. The van der Waals surface area contributed by atoms with Crippen molar-refractivity contribution in [3.63, 3.8) is 0 Å². The summed E-state index contributed by atoms with van der Waals surface area (Å²) in [7, 11) is 0.616. The van der Waals surface area contributed by atoms with Crippen LogP contribution in [0.3, 0.4) is 0 Å². The Morgan fingerprint density at radius 2 is 0.500 bits per heavy atom. The third-order valence-corrected chi connectivity index (χ3v) is 17.7. The van der Waals surface area contributed by atoms with Crippen LogP contribution in [-0.4, -0.2) is 35.0 Å². The van der Waals surface area contributed by atoms with E-state index in [1.165, 1.54) is 51.4 Å². The van der Waals surface area contributed by atoms with Crippen LogP contribution >= 0.6 is 15.8 Å². The summed E-state index contributed by atoms with van der Waals surface area (Å²) in [6, 6.07) is 0. The molecule has 34 heavy (non-hydrogen) atoms. The van der Waals surface area contributed by atoms with Gasteiger partial charge in [-0.1, -0.05) is 103 Å². The van der Waals surface area contributed by atoms with Crippen LogP contribution in [0.1, 0.15) is 167 Å². The van der Waals surface area contributed by atoms with Crippen LogP contribution in [0, 0.1) is 0 Å². The average molecular weight is 507 g/mol. The van der Waals surface area contributed by atoms with Gasteiger partial charge in [-0.3, -0.25) is 0 Å². The molecule has 0 spiro atoms. The molecule has 4 rings (SSSR count). The highest BCUT2D eigenvalue weighted by atomic mass is 31.1. The Morgan fingerprint density at radius 3 is 0.706 bits per heavy atom. The van der Waals surface area contributed by atoms with Gasteiger partial charge in [0.2, 0.25) is 0 Å². The van der Waals surface area contributed by atoms with E-state index in [0.717, 1.165) is 22.6 Å². The van der Waals surface area contributed by atoms with Crippen LogP contribution in [0.5, 0.6) is 0 Å². The van der Waals surface area contributed by atoms with Gasteiger partial charge in [0.1, 0.15) is 0 Å². The minimum absolute atomic E-state index is 0.308. The molecule has 4 aliphatic carbocycles. The van der Waals surface area contributed by atoms with E-state index >= 15 is 0 Å². The van der Waals surface area contributed by atoms with E-state index in [0.29, 0.717) is 15.8 Å². The molecular weight excluding hydrogens is 446 g/mol. The van der Waals surface area contributed by atoms with Crippen molar-refractivity contribution in [1.29, 1.82) is 0 Å². The second kappa shape index (κ2) is 16.7.